The topological polar surface area (TPSA) is 99.9 Å². The number of aromatic nitrogens is 2. The Bertz CT molecular complexity index is 1390. The van der Waals surface area contributed by atoms with E-state index in [1.165, 1.54) is 30.2 Å². The van der Waals surface area contributed by atoms with Gasteiger partial charge in [-0.1, -0.05) is 42.5 Å². The second-order valence-corrected chi connectivity index (χ2v) is 11.5. The minimum Gasteiger partial charge on any atom is -0.476 e. The molecule has 3 fully saturated rings. The van der Waals surface area contributed by atoms with Gasteiger partial charge in [0.1, 0.15) is 5.75 Å². The Morgan fingerprint density at radius 1 is 1.07 bits per heavy atom. The van der Waals surface area contributed by atoms with Crippen LogP contribution in [0.5, 0.6) is 5.75 Å². The number of nitrogens with zero attached hydrogens (tertiary/aromatic N) is 4. The van der Waals surface area contributed by atoms with Gasteiger partial charge in [0.15, 0.2) is 5.69 Å². The molecule has 0 radical (unpaired) electrons. The van der Waals surface area contributed by atoms with Gasteiger partial charge in [-0.3, -0.25) is 9.69 Å². The molecule has 2 saturated heterocycles. The number of halogens is 3. The predicted octanol–water partition coefficient (Wildman–Crippen LogP) is 3.99. The van der Waals surface area contributed by atoms with E-state index >= 15 is 0 Å². The Hall–Kier alpha value is -3.90. The molecule has 43 heavy (non-hydrogen) atoms. The van der Waals surface area contributed by atoms with E-state index in [1.54, 1.807) is 23.7 Å². The average Bonchev–Trinajstić information content (AvgIpc) is 3.45. The maximum absolute atomic E-state index is 12.8. The molecule has 3 aromatic rings. The van der Waals surface area contributed by atoms with E-state index in [0.29, 0.717) is 36.8 Å². The number of alkyl halides is 3. The highest BCUT2D eigenvalue weighted by Gasteiger charge is 2.55. The van der Waals surface area contributed by atoms with E-state index in [4.69, 9.17) is 5.11 Å². The summed E-state index contributed by atoms with van der Waals surface area (Å²) in [6, 6.07) is 16.5. The largest absolute Gasteiger partial charge is 0.573 e. The highest BCUT2D eigenvalue weighted by molar-refractivity contribution is 5.84. The number of carboxylic acid groups (broad SMARTS) is 1. The normalized spacial score (nSPS) is 22.9. The van der Waals surface area contributed by atoms with Crippen LogP contribution in [0, 0.1) is 17.8 Å². The van der Waals surface area contributed by atoms with Crippen LogP contribution in [0.2, 0.25) is 0 Å². The van der Waals surface area contributed by atoms with Gasteiger partial charge in [0.05, 0.1) is 12.9 Å². The van der Waals surface area contributed by atoms with Crippen molar-refractivity contribution < 1.29 is 32.6 Å². The summed E-state index contributed by atoms with van der Waals surface area (Å²) in [5, 5.41) is 11.7. The molecule has 9 nitrogen and oxygen atoms in total. The number of benzene rings is 2. The number of carbonyl (C=O) groups is 2. The maximum atomic E-state index is 12.8. The second kappa shape index (κ2) is 13.2. The van der Waals surface area contributed by atoms with Gasteiger partial charge in [-0.15, -0.1) is 13.2 Å². The SMILES string of the molecule is Cn1cnc(C(=O)O)c1.O=C(CN1CC2C(CNCc3cccc(OC(F)(F)F)c3)C2C1)N1CCC(c2ccccc2)C1. The predicted molar refractivity (Wildman–Crippen MR) is 152 cm³/mol. The average molecular weight is 600 g/mol. The number of imidazole rings is 1. The van der Waals surface area contributed by atoms with Crippen LogP contribution < -0.4 is 10.1 Å². The van der Waals surface area contributed by atoms with Crippen molar-refractivity contribution >= 4 is 11.9 Å². The lowest BCUT2D eigenvalue weighted by Gasteiger charge is -2.23. The number of likely N-dealkylation sites (tertiary alicyclic amines) is 2. The number of carbonyl (C=O) groups excluding carboxylic acids is 1. The lowest BCUT2D eigenvalue weighted by atomic mass is 9.99. The van der Waals surface area contributed by atoms with Crippen LogP contribution in [0.15, 0.2) is 67.1 Å². The summed E-state index contributed by atoms with van der Waals surface area (Å²) in [5.74, 6) is 1.28. The second-order valence-electron chi connectivity index (χ2n) is 11.5. The number of carboxylic acids is 1. The highest BCUT2D eigenvalue weighted by atomic mass is 19.4. The zero-order valence-electron chi connectivity index (χ0n) is 23.9. The first-order valence-corrected chi connectivity index (χ1v) is 14.4. The first-order valence-electron chi connectivity index (χ1n) is 14.4. The molecule has 3 unspecified atom stereocenters. The maximum Gasteiger partial charge on any atom is 0.573 e. The van der Waals surface area contributed by atoms with Crippen molar-refractivity contribution in [3.05, 3.63) is 83.9 Å². The number of hydrogen-bond acceptors (Lipinski definition) is 6. The number of aryl methyl sites for hydroxylation is 1. The Morgan fingerprint density at radius 2 is 1.81 bits per heavy atom. The molecule has 2 aliphatic heterocycles. The van der Waals surface area contributed by atoms with Gasteiger partial charge in [0.2, 0.25) is 5.91 Å². The van der Waals surface area contributed by atoms with E-state index < -0.39 is 12.3 Å². The molecule has 3 aliphatic rings. The Morgan fingerprint density at radius 3 is 2.44 bits per heavy atom. The molecule has 1 saturated carbocycles. The molecule has 1 aromatic heterocycles. The molecule has 1 amide bonds. The molecular formula is C31H36F3N5O4. The molecule has 2 N–H and O–H groups in total. The summed E-state index contributed by atoms with van der Waals surface area (Å²) >= 11 is 0. The van der Waals surface area contributed by atoms with Gasteiger partial charge in [-0.25, -0.2) is 9.78 Å². The molecule has 1 aliphatic carbocycles. The third-order valence-electron chi connectivity index (χ3n) is 8.38. The first kappa shape index (κ1) is 30.6. The van der Waals surface area contributed by atoms with Crippen molar-refractivity contribution in [2.75, 3.05) is 39.3 Å². The lowest BCUT2D eigenvalue weighted by Crippen LogP contribution is -2.39. The fourth-order valence-corrected chi connectivity index (χ4v) is 6.20. The Labute approximate surface area is 248 Å². The first-order chi connectivity index (χ1) is 20.6. The fraction of sp³-hybridized carbons (Fsp3) is 0.452. The van der Waals surface area contributed by atoms with E-state index in [-0.39, 0.29) is 17.4 Å². The summed E-state index contributed by atoms with van der Waals surface area (Å²) in [4.78, 5) is 30.8. The van der Waals surface area contributed by atoms with Crippen molar-refractivity contribution in [3.8, 4) is 5.75 Å². The summed E-state index contributed by atoms with van der Waals surface area (Å²) < 4.78 is 42.7. The van der Waals surface area contributed by atoms with Crippen molar-refractivity contribution in [1.82, 2.24) is 24.7 Å². The van der Waals surface area contributed by atoms with Crippen LogP contribution in [0.3, 0.4) is 0 Å². The van der Waals surface area contributed by atoms with E-state index in [2.05, 4.69) is 44.2 Å². The number of ether oxygens (including phenoxy) is 1. The zero-order valence-corrected chi connectivity index (χ0v) is 23.9. The smallest absolute Gasteiger partial charge is 0.476 e. The molecule has 12 heteroatoms. The van der Waals surface area contributed by atoms with Crippen molar-refractivity contribution in [2.24, 2.45) is 24.8 Å². The van der Waals surface area contributed by atoms with Gasteiger partial charge < -0.3 is 24.6 Å². The summed E-state index contributed by atoms with van der Waals surface area (Å²) in [5.41, 5.74) is 2.16. The number of fused-ring (bicyclic) bond motifs is 1. The van der Waals surface area contributed by atoms with Gasteiger partial charge >= 0.3 is 12.3 Å². The van der Waals surface area contributed by atoms with Gasteiger partial charge in [0, 0.05) is 51.9 Å². The number of hydrogen-bond donors (Lipinski definition) is 2. The van der Waals surface area contributed by atoms with Crippen LogP contribution in [0.25, 0.3) is 0 Å². The third kappa shape index (κ3) is 8.35. The summed E-state index contributed by atoms with van der Waals surface area (Å²) in [6.45, 7) is 5.39. The number of rotatable bonds is 9. The molecule has 3 atom stereocenters. The highest BCUT2D eigenvalue weighted by Crippen LogP contribution is 2.51. The van der Waals surface area contributed by atoms with E-state index in [9.17, 15) is 22.8 Å². The molecular weight excluding hydrogens is 563 g/mol. The monoisotopic (exact) mass is 599 g/mol. The van der Waals surface area contributed by atoms with E-state index in [0.717, 1.165) is 44.7 Å². The number of piperidine rings is 1. The van der Waals surface area contributed by atoms with Crippen LogP contribution in [0.4, 0.5) is 13.2 Å². The number of amides is 1. The standard InChI is InChI=1S/C26H30F3N3O2.C5H6N2O2/c27-26(28,29)34-21-8-4-5-18(11-21)12-30-13-22-23-15-31(16-24(22)23)17-25(33)32-10-9-20(14-32)19-6-2-1-3-7-19;1-7-2-4(5(8)9)6-3-7/h1-8,11,20,22-24,30H,9-10,12-17H2;2-3H,1H3,(H,8,9). The fourth-order valence-electron chi connectivity index (χ4n) is 6.20. The molecule has 2 aromatic carbocycles. The van der Waals surface area contributed by atoms with E-state index in [1.807, 2.05) is 11.0 Å². The van der Waals surface area contributed by atoms with Crippen LogP contribution in [-0.4, -0.2) is 82.0 Å². The molecule has 0 bridgehead atoms. The van der Waals surface area contributed by atoms with Crippen LogP contribution >= 0.6 is 0 Å². The zero-order chi connectivity index (χ0) is 30.6. The Balaban J connectivity index is 0.000000351. The molecule has 230 valence electrons. The Kier molecular flexibility index (Phi) is 9.36. The number of aromatic carboxylic acids is 1. The summed E-state index contributed by atoms with van der Waals surface area (Å²) in [7, 11) is 1.72. The van der Waals surface area contributed by atoms with Crippen LogP contribution in [-0.2, 0) is 18.4 Å². The van der Waals surface area contributed by atoms with Gasteiger partial charge in [-0.05, 0) is 54.0 Å². The molecule has 0 spiro atoms. The lowest BCUT2D eigenvalue weighted by molar-refractivity contribution is -0.274. The third-order valence-corrected chi connectivity index (χ3v) is 8.38. The van der Waals surface area contributed by atoms with Gasteiger partial charge in [-0.2, -0.15) is 0 Å². The van der Waals surface area contributed by atoms with Crippen molar-refractivity contribution in [1.29, 1.82) is 0 Å². The van der Waals surface area contributed by atoms with Crippen LogP contribution in [0.1, 0.15) is 34.0 Å². The van der Waals surface area contributed by atoms with Gasteiger partial charge in [0.25, 0.3) is 0 Å². The van der Waals surface area contributed by atoms with Crippen molar-refractivity contribution in [2.45, 2.75) is 25.2 Å². The molecule has 3 heterocycles. The summed E-state index contributed by atoms with van der Waals surface area (Å²) in [6.07, 6.45) is -0.755. The molecule has 6 rings (SSSR count). The van der Waals surface area contributed by atoms with Crippen molar-refractivity contribution in [3.63, 3.8) is 0 Å². The minimum absolute atomic E-state index is 0.0810. The quantitative estimate of drug-likeness (QED) is 0.384. The number of nitrogens with one attached hydrogen (secondary N) is 1. The minimum atomic E-state index is -4.68.